The summed E-state index contributed by atoms with van der Waals surface area (Å²) in [4.78, 5) is 4.34. The van der Waals surface area contributed by atoms with E-state index in [0.29, 0.717) is 0 Å². The number of hydrogen-bond acceptors (Lipinski definition) is 3. The first-order chi connectivity index (χ1) is 7.58. The van der Waals surface area contributed by atoms with E-state index in [4.69, 9.17) is 5.73 Å². The summed E-state index contributed by atoms with van der Waals surface area (Å²) in [6, 6.07) is 5.83. The maximum absolute atomic E-state index is 6.21. The van der Waals surface area contributed by atoms with Crippen LogP contribution in [0.2, 0.25) is 0 Å². The van der Waals surface area contributed by atoms with Gasteiger partial charge in [0.2, 0.25) is 0 Å². The second-order valence-electron chi connectivity index (χ2n) is 4.04. The highest BCUT2D eigenvalue weighted by Crippen LogP contribution is 2.19. The van der Waals surface area contributed by atoms with Gasteiger partial charge in [-0.25, -0.2) is 0 Å². The number of rotatable bonds is 2. The number of nitrogens with two attached hydrogens (primary N) is 1. The molecule has 2 N–H and O–H groups in total. The van der Waals surface area contributed by atoms with Crippen molar-refractivity contribution in [2.24, 2.45) is 12.8 Å². The van der Waals surface area contributed by atoms with E-state index in [0.717, 1.165) is 22.6 Å². The van der Waals surface area contributed by atoms with Crippen LogP contribution in [0.15, 0.2) is 24.4 Å². The molecule has 0 spiro atoms. The molecule has 2 aromatic rings. The summed E-state index contributed by atoms with van der Waals surface area (Å²) in [5.74, 6) is 0. The number of nitrogens with zero attached hydrogens (tertiary/aromatic N) is 3. The molecule has 2 heterocycles. The Morgan fingerprint density at radius 2 is 1.88 bits per heavy atom. The number of aryl methyl sites for hydroxylation is 3. The van der Waals surface area contributed by atoms with Gasteiger partial charge in [-0.3, -0.25) is 9.67 Å². The Morgan fingerprint density at radius 3 is 2.38 bits per heavy atom. The number of pyridine rings is 1. The fourth-order valence-corrected chi connectivity index (χ4v) is 1.91. The first-order valence-corrected chi connectivity index (χ1v) is 5.26. The van der Waals surface area contributed by atoms with Crippen molar-refractivity contribution < 1.29 is 0 Å². The molecule has 0 saturated carbocycles. The Balaban J connectivity index is 2.41. The largest absolute Gasteiger partial charge is 0.319 e. The number of hydrogen-bond donors (Lipinski definition) is 1. The molecule has 0 aromatic carbocycles. The van der Waals surface area contributed by atoms with Crippen molar-refractivity contribution in [3.63, 3.8) is 0 Å². The van der Waals surface area contributed by atoms with Crippen molar-refractivity contribution in [2.45, 2.75) is 19.9 Å². The molecule has 1 atom stereocenters. The molecule has 2 aromatic heterocycles. The van der Waals surface area contributed by atoms with Gasteiger partial charge in [-0.2, -0.15) is 5.10 Å². The summed E-state index contributed by atoms with van der Waals surface area (Å²) in [6.45, 7) is 3.96. The third-order valence-electron chi connectivity index (χ3n) is 2.64. The molecule has 2 rings (SSSR count). The standard InChI is InChI=1S/C12H16N4/c1-8-6-10(7-9(2)15-8)12(13)11-4-5-14-16(11)3/h4-7,12H,13H2,1-3H3. The Labute approximate surface area is 95.1 Å². The molecule has 16 heavy (non-hydrogen) atoms. The predicted molar refractivity (Wildman–Crippen MR) is 62.9 cm³/mol. The first-order valence-electron chi connectivity index (χ1n) is 5.26. The minimum atomic E-state index is -0.145. The summed E-state index contributed by atoms with van der Waals surface area (Å²) >= 11 is 0. The molecular formula is C12H16N4. The summed E-state index contributed by atoms with van der Waals surface area (Å²) in [5.41, 5.74) is 10.3. The van der Waals surface area contributed by atoms with Crippen LogP contribution in [0.3, 0.4) is 0 Å². The Morgan fingerprint density at radius 1 is 1.25 bits per heavy atom. The van der Waals surface area contributed by atoms with Crippen LogP contribution in [0.1, 0.15) is 28.7 Å². The molecule has 0 aliphatic heterocycles. The third-order valence-corrected chi connectivity index (χ3v) is 2.64. The zero-order chi connectivity index (χ0) is 11.7. The van der Waals surface area contributed by atoms with Crippen LogP contribution < -0.4 is 5.73 Å². The van der Waals surface area contributed by atoms with Crippen molar-refractivity contribution in [1.82, 2.24) is 14.8 Å². The molecule has 0 fully saturated rings. The summed E-state index contributed by atoms with van der Waals surface area (Å²) in [5, 5.41) is 4.13. The van der Waals surface area contributed by atoms with Crippen molar-refractivity contribution in [3.05, 3.63) is 47.0 Å². The third kappa shape index (κ3) is 1.97. The van der Waals surface area contributed by atoms with E-state index in [2.05, 4.69) is 10.1 Å². The molecule has 0 aliphatic carbocycles. The molecule has 1 unspecified atom stereocenters. The topological polar surface area (TPSA) is 56.7 Å². The van der Waals surface area contributed by atoms with Gasteiger partial charge < -0.3 is 5.73 Å². The number of aromatic nitrogens is 3. The van der Waals surface area contributed by atoms with Gasteiger partial charge in [-0.1, -0.05) is 0 Å². The molecule has 0 saturated heterocycles. The molecule has 0 bridgehead atoms. The van der Waals surface area contributed by atoms with Crippen LogP contribution in [-0.2, 0) is 7.05 Å². The highest BCUT2D eigenvalue weighted by Gasteiger charge is 2.13. The fourth-order valence-electron chi connectivity index (χ4n) is 1.91. The highest BCUT2D eigenvalue weighted by molar-refractivity contribution is 5.29. The van der Waals surface area contributed by atoms with E-state index in [1.54, 1.807) is 10.9 Å². The lowest BCUT2D eigenvalue weighted by atomic mass is 10.0. The zero-order valence-electron chi connectivity index (χ0n) is 9.81. The van der Waals surface area contributed by atoms with Crippen LogP contribution >= 0.6 is 0 Å². The van der Waals surface area contributed by atoms with E-state index in [9.17, 15) is 0 Å². The monoisotopic (exact) mass is 216 g/mol. The fraction of sp³-hybridized carbons (Fsp3) is 0.333. The van der Waals surface area contributed by atoms with Gasteiger partial charge in [0.1, 0.15) is 0 Å². The second-order valence-corrected chi connectivity index (χ2v) is 4.04. The maximum atomic E-state index is 6.21. The van der Waals surface area contributed by atoms with Crippen LogP contribution in [0.25, 0.3) is 0 Å². The molecule has 4 heteroatoms. The van der Waals surface area contributed by atoms with Crippen molar-refractivity contribution in [2.75, 3.05) is 0 Å². The van der Waals surface area contributed by atoms with Gasteiger partial charge in [0, 0.05) is 24.6 Å². The van der Waals surface area contributed by atoms with Gasteiger partial charge in [-0.05, 0) is 37.6 Å². The molecular weight excluding hydrogens is 200 g/mol. The molecule has 0 radical (unpaired) electrons. The van der Waals surface area contributed by atoms with Crippen molar-refractivity contribution >= 4 is 0 Å². The lowest BCUT2D eigenvalue weighted by molar-refractivity contribution is 0.672. The maximum Gasteiger partial charge on any atom is 0.0724 e. The summed E-state index contributed by atoms with van der Waals surface area (Å²) in [7, 11) is 1.90. The van der Waals surface area contributed by atoms with Gasteiger partial charge in [0.05, 0.1) is 11.7 Å². The van der Waals surface area contributed by atoms with Gasteiger partial charge in [-0.15, -0.1) is 0 Å². The average Bonchev–Trinajstić information content (AvgIpc) is 2.62. The van der Waals surface area contributed by atoms with E-state index >= 15 is 0 Å². The van der Waals surface area contributed by atoms with Crippen molar-refractivity contribution in [3.8, 4) is 0 Å². The normalized spacial score (nSPS) is 12.8. The Hall–Kier alpha value is -1.68. The van der Waals surface area contributed by atoms with Gasteiger partial charge >= 0.3 is 0 Å². The lowest BCUT2D eigenvalue weighted by Gasteiger charge is -2.13. The molecule has 0 amide bonds. The van der Waals surface area contributed by atoms with E-state index in [1.807, 2.05) is 39.1 Å². The van der Waals surface area contributed by atoms with Crippen molar-refractivity contribution in [1.29, 1.82) is 0 Å². The SMILES string of the molecule is Cc1cc(C(N)c2ccnn2C)cc(C)n1. The molecule has 0 aliphatic rings. The van der Waals surface area contributed by atoms with Gasteiger partial charge in [0.15, 0.2) is 0 Å². The highest BCUT2D eigenvalue weighted by atomic mass is 15.3. The van der Waals surface area contributed by atoms with E-state index < -0.39 is 0 Å². The second kappa shape index (κ2) is 4.06. The first kappa shape index (κ1) is 10.8. The van der Waals surface area contributed by atoms with Crippen LogP contribution in [0.4, 0.5) is 0 Å². The van der Waals surface area contributed by atoms with Gasteiger partial charge in [0.25, 0.3) is 0 Å². The smallest absolute Gasteiger partial charge is 0.0724 e. The van der Waals surface area contributed by atoms with Crippen LogP contribution in [0, 0.1) is 13.8 Å². The quantitative estimate of drug-likeness (QED) is 0.827. The predicted octanol–water partition coefficient (Wildman–Crippen LogP) is 1.48. The minimum Gasteiger partial charge on any atom is -0.319 e. The zero-order valence-corrected chi connectivity index (χ0v) is 9.81. The minimum absolute atomic E-state index is 0.145. The van der Waals surface area contributed by atoms with Crippen LogP contribution in [0.5, 0.6) is 0 Å². The average molecular weight is 216 g/mol. The Kier molecular flexibility index (Phi) is 2.75. The van der Waals surface area contributed by atoms with Crippen LogP contribution in [-0.4, -0.2) is 14.8 Å². The summed E-state index contributed by atoms with van der Waals surface area (Å²) in [6.07, 6.45) is 1.76. The Bertz CT molecular complexity index is 481. The lowest BCUT2D eigenvalue weighted by Crippen LogP contribution is -2.16. The summed E-state index contributed by atoms with van der Waals surface area (Å²) < 4.78 is 1.80. The van der Waals surface area contributed by atoms with E-state index in [-0.39, 0.29) is 6.04 Å². The van der Waals surface area contributed by atoms with E-state index in [1.165, 1.54) is 0 Å². The molecule has 84 valence electrons. The molecule has 4 nitrogen and oxygen atoms in total.